The number of nitriles is 1. The van der Waals surface area contributed by atoms with Gasteiger partial charge in [-0.05, 0) is 32.4 Å². The van der Waals surface area contributed by atoms with Crippen molar-refractivity contribution < 1.29 is 4.74 Å². The zero-order valence-electron chi connectivity index (χ0n) is 12.3. The van der Waals surface area contributed by atoms with E-state index in [1.54, 1.807) is 6.20 Å². The monoisotopic (exact) mass is 302 g/mol. The Morgan fingerprint density at radius 2 is 2.19 bits per heavy atom. The van der Waals surface area contributed by atoms with Crippen LogP contribution in [0.25, 0.3) is 0 Å². The summed E-state index contributed by atoms with van der Waals surface area (Å²) in [6.45, 7) is 5.88. The summed E-state index contributed by atoms with van der Waals surface area (Å²) in [5.74, 6) is 0.558. The minimum absolute atomic E-state index is 0.0114. The van der Waals surface area contributed by atoms with E-state index in [4.69, 9.17) is 15.7 Å². The van der Waals surface area contributed by atoms with E-state index < -0.39 is 0 Å². The molecule has 0 saturated heterocycles. The first-order chi connectivity index (χ1) is 10.0. The van der Waals surface area contributed by atoms with Gasteiger partial charge in [-0.2, -0.15) is 5.26 Å². The summed E-state index contributed by atoms with van der Waals surface area (Å²) in [6.07, 6.45) is 3.53. The number of nitrogens with zero attached hydrogens (tertiary/aromatic N) is 2. The quantitative estimate of drug-likeness (QED) is 0.882. The first kappa shape index (κ1) is 15.1. The summed E-state index contributed by atoms with van der Waals surface area (Å²) in [6, 6.07) is 6.03. The lowest BCUT2D eigenvalue weighted by Crippen LogP contribution is -2.10. The highest BCUT2D eigenvalue weighted by molar-refractivity contribution is 7.17. The summed E-state index contributed by atoms with van der Waals surface area (Å²) in [7, 11) is 0. The Bertz CT molecular complexity index is 646. The van der Waals surface area contributed by atoms with Crippen LogP contribution in [-0.2, 0) is 0 Å². The topological polar surface area (TPSA) is 84.0 Å². The lowest BCUT2D eigenvalue weighted by molar-refractivity contribution is 0.246. The van der Waals surface area contributed by atoms with Gasteiger partial charge in [-0.1, -0.05) is 6.07 Å². The molecule has 0 fully saturated rings. The first-order valence-corrected chi connectivity index (χ1v) is 7.50. The standard InChI is InChI=1S/C15H18N4OS/c1-9(2)20-14-13(17)12(7-16)21-15(14)19-10(3)11-5-4-6-18-8-11/h4-6,8-10,19H,17H2,1-3H3. The number of nitrogens with one attached hydrogen (secondary N) is 1. The number of nitrogens with two attached hydrogens (primary N) is 1. The Hall–Kier alpha value is -2.26. The van der Waals surface area contributed by atoms with Crippen LogP contribution >= 0.6 is 11.3 Å². The maximum atomic E-state index is 9.13. The molecule has 0 aliphatic heterocycles. The van der Waals surface area contributed by atoms with Gasteiger partial charge in [-0.3, -0.25) is 4.98 Å². The molecule has 2 aromatic heterocycles. The smallest absolute Gasteiger partial charge is 0.178 e. The second-order valence-corrected chi connectivity index (χ2v) is 5.95. The lowest BCUT2D eigenvalue weighted by atomic mass is 10.1. The van der Waals surface area contributed by atoms with E-state index in [-0.39, 0.29) is 12.1 Å². The van der Waals surface area contributed by atoms with E-state index in [0.29, 0.717) is 16.3 Å². The van der Waals surface area contributed by atoms with E-state index in [2.05, 4.69) is 16.4 Å². The van der Waals surface area contributed by atoms with E-state index in [1.165, 1.54) is 11.3 Å². The van der Waals surface area contributed by atoms with Gasteiger partial charge >= 0.3 is 0 Å². The number of hydrogen-bond acceptors (Lipinski definition) is 6. The zero-order valence-corrected chi connectivity index (χ0v) is 13.1. The molecule has 0 aliphatic rings. The molecule has 0 amide bonds. The fourth-order valence-electron chi connectivity index (χ4n) is 1.87. The van der Waals surface area contributed by atoms with Crippen LogP contribution in [-0.4, -0.2) is 11.1 Å². The number of thiophene rings is 1. The molecule has 2 rings (SSSR count). The van der Waals surface area contributed by atoms with Crippen LogP contribution in [0.15, 0.2) is 24.5 Å². The van der Waals surface area contributed by atoms with Gasteiger partial charge in [0, 0.05) is 12.4 Å². The molecule has 1 atom stereocenters. The average molecular weight is 302 g/mol. The van der Waals surface area contributed by atoms with Crippen molar-refractivity contribution in [2.24, 2.45) is 0 Å². The Morgan fingerprint density at radius 1 is 1.43 bits per heavy atom. The molecule has 0 radical (unpaired) electrons. The van der Waals surface area contributed by atoms with Gasteiger partial charge in [-0.25, -0.2) is 0 Å². The average Bonchev–Trinajstić information content (AvgIpc) is 2.76. The Balaban J connectivity index is 2.29. The molecule has 6 heteroatoms. The van der Waals surface area contributed by atoms with Crippen LogP contribution in [0.2, 0.25) is 0 Å². The van der Waals surface area contributed by atoms with Crippen molar-refractivity contribution in [3.63, 3.8) is 0 Å². The second kappa shape index (κ2) is 6.46. The molecule has 5 nitrogen and oxygen atoms in total. The van der Waals surface area contributed by atoms with Gasteiger partial charge < -0.3 is 15.8 Å². The normalized spacial score (nSPS) is 12.0. The zero-order chi connectivity index (χ0) is 15.4. The number of ether oxygens (including phenoxy) is 1. The molecule has 0 bridgehead atoms. The molecule has 21 heavy (non-hydrogen) atoms. The van der Waals surface area contributed by atoms with Gasteiger partial charge in [-0.15, -0.1) is 11.3 Å². The summed E-state index contributed by atoms with van der Waals surface area (Å²) < 4.78 is 5.75. The van der Waals surface area contributed by atoms with Gasteiger partial charge in [0.25, 0.3) is 0 Å². The molecule has 1 unspecified atom stereocenters. The van der Waals surface area contributed by atoms with E-state index >= 15 is 0 Å². The molecule has 2 heterocycles. The third-order valence-electron chi connectivity index (χ3n) is 2.89. The number of nitrogen functional groups attached to an aromatic ring is 1. The van der Waals surface area contributed by atoms with Crippen molar-refractivity contribution in [2.45, 2.75) is 32.9 Å². The number of rotatable bonds is 5. The van der Waals surface area contributed by atoms with Crippen LogP contribution < -0.4 is 15.8 Å². The molecule has 0 aromatic carbocycles. The second-order valence-electron chi connectivity index (χ2n) is 4.93. The SMILES string of the molecule is CC(C)Oc1c(NC(C)c2cccnc2)sc(C#N)c1N. The predicted molar refractivity (Wildman–Crippen MR) is 85.5 cm³/mol. The molecular weight excluding hydrogens is 284 g/mol. The molecule has 3 N–H and O–H groups in total. The molecule has 0 aliphatic carbocycles. The summed E-state index contributed by atoms with van der Waals surface area (Å²) in [4.78, 5) is 4.58. The first-order valence-electron chi connectivity index (χ1n) is 6.68. The minimum atomic E-state index is -0.0114. The molecule has 110 valence electrons. The van der Waals surface area contributed by atoms with Crippen molar-refractivity contribution in [1.82, 2.24) is 4.98 Å². The van der Waals surface area contributed by atoms with E-state index in [9.17, 15) is 0 Å². The van der Waals surface area contributed by atoms with Gasteiger partial charge in [0.2, 0.25) is 0 Å². The van der Waals surface area contributed by atoms with E-state index in [1.807, 2.05) is 39.1 Å². The third-order valence-corrected chi connectivity index (χ3v) is 3.91. The molecular formula is C15H18N4OS. The summed E-state index contributed by atoms with van der Waals surface area (Å²) >= 11 is 1.31. The van der Waals surface area contributed by atoms with Crippen molar-refractivity contribution in [3.05, 3.63) is 35.0 Å². The van der Waals surface area contributed by atoms with Crippen LogP contribution in [0, 0.1) is 11.3 Å². The van der Waals surface area contributed by atoms with Crippen LogP contribution in [0.4, 0.5) is 10.7 Å². The summed E-state index contributed by atoms with van der Waals surface area (Å²) in [5.41, 5.74) is 7.44. The highest BCUT2D eigenvalue weighted by Crippen LogP contribution is 2.44. The third kappa shape index (κ3) is 3.44. The van der Waals surface area contributed by atoms with Crippen LogP contribution in [0.5, 0.6) is 5.75 Å². The molecule has 0 spiro atoms. The van der Waals surface area contributed by atoms with Crippen LogP contribution in [0.3, 0.4) is 0 Å². The Labute approximate surface area is 128 Å². The Kier molecular flexibility index (Phi) is 4.66. The van der Waals surface area contributed by atoms with Crippen molar-refractivity contribution >= 4 is 22.0 Å². The predicted octanol–water partition coefficient (Wildman–Crippen LogP) is 3.56. The molecule has 2 aromatic rings. The minimum Gasteiger partial charge on any atom is -0.486 e. The highest BCUT2D eigenvalue weighted by Gasteiger charge is 2.20. The maximum absolute atomic E-state index is 9.13. The maximum Gasteiger partial charge on any atom is 0.178 e. The number of anilines is 2. The number of aromatic nitrogens is 1. The van der Waals surface area contributed by atoms with E-state index in [0.717, 1.165) is 10.6 Å². The Morgan fingerprint density at radius 3 is 2.76 bits per heavy atom. The van der Waals surface area contributed by atoms with Crippen molar-refractivity contribution in [2.75, 3.05) is 11.1 Å². The lowest BCUT2D eigenvalue weighted by Gasteiger charge is -2.17. The number of hydrogen-bond donors (Lipinski definition) is 2. The van der Waals surface area contributed by atoms with Gasteiger partial charge in [0.15, 0.2) is 5.75 Å². The molecule has 0 saturated carbocycles. The fraction of sp³-hybridized carbons (Fsp3) is 0.333. The highest BCUT2D eigenvalue weighted by atomic mass is 32.1. The fourth-order valence-corrected chi connectivity index (χ4v) is 2.81. The van der Waals surface area contributed by atoms with Crippen LogP contribution in [0.1, 0.15) is 37.3 Å². The number of pyridine rings is 1. The largest absolute Gasteiger partial charge is 0.486 e. The van der Waals surface area contributed by atoms with Crippen molar-refractivity contribution in [3.8, 4) is 11.8 Å². The van der Waals surface area contributed by atoms with Gasteiger partial charge in [0.05, 0.1) is 12.1 Å². The summed E-state index contributed by atoms with van der Waals surface area (Å²) in [5, 5.41) is 13.3. The van der Waals surface area contributed by atoms with Gasteiger partial charge in [0.1, 0.15) is 21.6 Å². The van der Waals surface area contributed by atoms with Crippen molar-refractivity contribution in [1.29, 1.82) is 5.26 Å².